The topological polar surface area (TPSA) is 64.9 Å². The Labute approximate surface area is 86.7 Å². The zero-order chi connectivity index (χ0) is 9.68. The van der Waals surface area contributed by atoms with Gasteiger partial charge in [0.2, 0.25) is 0 Å². The van der Waals surface area contributed by atoms with Crippen molar-refractivity contribution in [2.24, 2.45) is 11.5 Å². The predicted octanol–water partition coefficient (Wildman–Crippen LogP) is 1.58. The summed E-state index contributed by atoms with van der Waals surface area (Å²) in [6.45, 7) is 0.694. The number of hydrogen-bond acceptors (Lipinski definition) is 3. The van der Waals surface area contributed by atoms with E-state index in [1.807, 2.05) is 12.1 Å². The maximum atomic E-state index is 5.95. The molecule has 0 aliphatic rings. The quantitative estimate of drug-likeness (QED) is 0.790. The summed E-state index contributed by atoms with van der Waals surface area (Å²) < 4.78 is 0.827. The Bertz CT molecular complexity index is 265. The Morgan fingerprint density at radius 1 is 1.54 bits per heavy atom. The van der Waals surface area contributed by atoms with Crippen molar-refractivity contribution >= 4 is 15.9 Å². The van der Waals surface area contributed by atoms with E-state index in [1.54, 1.807) is 6.20 Å². The van der Waals surface area contributed by atoms with Crippen LogP contribution in [0.3, 0.4) is 0 Å². The van der Waals surface area contributed by atoms with Crippen LogP contribution in [-0.2, 0) is 0 Å². The summed E-state index contributed by atoms with van der Waals surface area (Å²) in [5, 5.41) is 0. The van der Waals surface area contributed by atoms with E-state index in [-0.39, 0.29) is 6.04 Å². The second-order valence-corrected chi connectivity index (χ2v) is 3.76. The molecule has 0 fully saturated rings. The zero-order valence-electron chi connectivity index (χ0n) is 7.41. The first-order valence-corrected chi connectivity index (χ1v) is 5.10. The van der Waals surface area contributed by atoms with E-state index in [1.165, 1.54) is 0 Å². The SMILES string of the molecule is NCCC[C@@H](N)c1ccnc(Br)c1. The average Bonchev–Trinajstić information content (AvgIpc) is 2.14. The zero-order valence-corrected chi connectivity index (χ0v) is 9.00. The summed E-state index contributed by atoms with van der Waals surface area (Å²) in [7, 11) is 0. The third-order valence-corrected chi connectivity index (χ3v) is 2.33. The van der Waals surface area contributed by atoms with Crippen LogP contribution >= 0.6 is 15.9 Å². The number of nitrogens with zero attached hydrogens (tertiary/aromatic N) is 1. The van der Waals surface area contributed by atoms with E-state index < -0.39 is 0 Å². The first-order chi connectivity index (χ1) is 6.24. The van der Waals surface area contributed by atoms with Gasteiger partial charge in [-0.05, 0) is 53.0 Å². The second kappa shape index (κ2) is 5.32. The number of rotatable bonds is 4. The van der Waals surface area contributed by atoms with Crippen LogP contribution in [0, 0.1) is 0 Å². The number of hydrogen-bond donors (Lipinski definition) is 2. The van der Waals surface area contributed by atoms with Gasteiger partial charge in [-0.1, -0.05) is 0 Å². The lowest BCUT2D eigenvalue weighted by Crippen LogP contribution is -2.12. The summed E-state index contributed by atoms with van der Waals surface area (Å²) >= 11 is 3.31. The van der Waals surface area contributed by atoms with Gasteiger partial charge < -0.3 is 11.5 Å². The fourth-order valence-electron chi connectivity index (χ4n) is 1.15. The van der Waals surface area contributed by atoms with Gasteiger partial charge >= 0.3 is 0 Å². The number of pyridine rings is 1. The van der Waals surface area contributed by atoms with Crippen molar-refractivity contribution in [2.75, 3.05) is 6.54 Å². The standard InChI is InChI=1S/C9H14BrN3/c10-9-6-7(3-5-13-9)8(12)2-1-4-11/h3,5-6,8H,1-2,4,11-12H2/t8-/m1/s1. The minimum atomic E-state index is 0.0721. The van der Waals surface area contributed by atoms with Gasteiger partial charge in [0, 0.05) is 12.2 Å². The lowest BCUT2D eigenvalue weighted by molar-refractivity contribution is 0.617. The summed E-state index contributed by atoms with van der Waals surface area (Å²) in [5.74, 6) is 0. The Hall–Kier alpha value is -0.450. The van der Waals surface area contributed by atoms with Crippen molar-refractivity contribution in [2.45, 2.75) is 18.9 Å². The third-order valence-electron chi connectivity index (χ3n) is 1.90. The Kier molecular flexibility index (Phi) is 4.35. The molecule has 0 aliphatic heterocycles. The second-order valence-electron chi connectivity index (χ2n) is 2.95. The molecule has 0 radical (unpaired) electrons. The van der Waals surface area contributed by atoms with Gasteiger partial charge in [-0.25, -0.2) is 4.98 Å². The van der Waals surface area contributed by atoms with Crippen LogP contribution in [0.25, 0.3) is 0 Å². The molecular weight excluding hydrogens is 230 g/mol. The third kappa shape index (κ3) is 3.42. The van der Waals surface area contributed by atoms with Gasteiger partial charge in [0.05, 0.1) is 0 Å². The van der Waals surface area contributed by atoms with Gasteiger partial charge in [0.25, 0.3) is 0 Å². The number of aromatic nitrogens is 1. The van der Waals surface area contributed by atoms with Crippen LogP contribution in [0.5, 0.6) is 0 Å². The van der Waals surface area contributed by atoms with E-state index in [2.05, 4.69) is 20.9 Å². The molecule has 3 nitrogen and oxygen atoms in total. The summed E-state index contributed by atoms with van der Waals surface area (Å²) in [6.07, 6.45) is 3.63. The van der Waals surface area contributed by atoms with Crippen LogP contribution in [0.1, 0.15) is 24.4 Å². The van der Waals surface area contributed by atoms with E-state index in [0.29, 0.717) is 6.54 Å². The summed E-state index contributed by atoms with van der Waals surface area (Å²) in [5.41, 5.74) is 12.5. The highest BCUT2D eigenvalue weighted by atomic mass is 79.9. The Balaban J connectivity index is 2.60. The normalized spacial score (nSPS) is 12.8. The maximum absolute atomic E-state index is 5.95. The molecular formula is C9H14BrN3. The lowest BCUT2D eigenvalue weighted by Gasteiger charge is -2.10. The highest BCUT2D eigenvalue weighted by Crippen LogP contribution is 2.17. The number of halogens is 1. The molecule has 1 aromatic rings. The first kappa shape index (κ1) is 10.6. The monoisotopic (exact) mass is 243 g/mol. The van der Waals surface area contributed by atoms with Crippen LogP contribution in [0.4, 0.5) is 0 Å². The highest BCUT2D eigenvalue weighted by molar-refractivity contribution is 9.10. The summed E-state index contributed by atoms with van der Waals surface area (Å²) in [4.78, 5) is 4.04. The van der Waals surface area contributed by atoms with Crippen molar-refractivity contribution in [1.29, 1.82) is 0 Å². The van der Waals surface area contributed by atoms with Gasteiger partial charge in [0.15, 0.2) is 0 Å². The largest absolute Gasteiger partial charge is 0.330 e. The molecule has 1 rings (SSSR count). The molecule has 0 spiro atoms. The average molecular weight is 244 g/mol. The van der Waals surface area contributed by atoms with Crippen LogP contribution in [-0.4, -0.2) is 11.5 Å². The fraction of sp³-hybridized carbons (Fsp3) is 0.444. The van der Waals surface area contributed by atoms with Gasteiger partial charge in [-0.15, -0.1) is 0 Å². The highest BCUT2D eigenvalue weighted by Gasteiger charge is 2.05. The van der Waals surface area contributed by atoms with Gasteiger partial charge in [0.1, 0.15) is 4.60 Å². The van der Waals surface area contributed by atoms with Crippen LogP contribution in [0.15, 0.2) is 22.9 Å². The smallest absolute Gasteiger partial charge is 0.106 e. The molecule has 0 unspecified atom stereocenters. The molecule has 0 saturated heterocycles. The molecule has 0 aromatic carbocycles. The minimum absolute atomic E-state index is 0.0721. The van der Waals surface area contributed by atoms with Crippen LogP contribution < -0.4 is 11.5 Å². The molecule has 0 saturated carbocycles. The molecule has 0 bridgehead atoms. The molecule has 4 heteroatoms. The molecule has 0 amide bonds. The molecule has 13 heavy (non-hydrogen) atoms. The van der Waals surface area contributed by atoms with Crippen molar-refractivity contribution < 1.29 is 0 Å². The predicted molar refractivity (Wildman–Crippen MR) is 57.2 cm³/mol. The molecule has 1 heterocycles. The van der Waals surface area contributed by atoms with Crippen molar-refractivity contribution in [1.82, 2.24) is 4.98 Å². The van der Waals surface area contributed by atoms with E-state index >= 15 is 0 Å². The maximum Gasteiger partial charge on any atom is 0.106 e. The Morgan fingerprint density at radius 3 is 2.92 bits per heavy atom. The summed E-state index contributed by atoms with van der Waals surface area (Å²) in [6, 6.07) is 3.95. The molecule has 0 aliphatic carbocycles. The van der Waals surface area contributed by atoms with Crippen molar-refractivity contribution in [3.8, 4) is 0 Å². The van der Waals surface area contributed by atoms with Gasteiger partial charge in [-0.3, -0.25) is 0 Å². The Morgan fingerprint density at radius 2 is 2.31 bits per heavy atom. The molecule has 4 N–H and O–H groups in total. The molecule has 1 atom stereocenters. The van der Waals surface area contributed by atoms with E-state index in [9.17, 15) is 0 Å². The van der Waals surface area contributed by atoms with Crippen molar-refractivity contribution in [3.63, 3.8) is 0 Å². The molecule has 1 aromatic heterocycles. The first-order valence-electron chi connectivity index (χ1n) is 4.31. The van der Waals surface area contributed by atoms with Crippen molar-refractivity contribution in [3.05, 3.63) is 28.5 Å². The van der Waals surface area contributed by atoms with Gasteiger partial charge in [-0.2, -0.15) is 0 Å². The van der Waals surface area contributed by atoms with E-state index in [4.69, 9.17) is 11.5 Å². The van der Waals surface area contributed by atoms with Crippen LogP contribution in [0.2, 0.25) is 0 Å². The lowest BCUT2D eigenvalue weighted by atomic mass is 10.0. The minimum Gasteiger partial charge on any atom is -0.330 e. The fourth-order valence-corrected chi connectivity index (χ4v) is 1.54. The van der Waals surface area contributed by atoms with E-state index in [0.717, 1.165) is 23.0 Å². The molecule has 72 valence electrons. The number of nitrogens with two attached hydrogens (primary N) is 2.